The van der Waals surface area contributed by atoms with Crippen LogP contribution in [-0.4, -0.2) is 29.6 Å². The first-order valence-corrected chi connectivity index (χ1v) is 11.4. The molecule has 0 bridgehead atoms. The Morgan fingerprint density at radius 1 is 1.09 bits per heavy atom. The number of methoxy groups -OCH3 is 1. The number of hydrogen-bond donors (Lipinski definition) is 0. The minimum atomic E-state index is -0.218. The highest BCUT2D eigenvalue weighted by molar-refractivity contribution is 5.82. The van der Waals surface area contributed by atoms with Crippen molar-refractivity contribution in [2.45, 2.75) is 33.6 Å². The SMILES string of the molecule is CCOc1cc(C)c(-c2nc3ccccc3c(=O)n2N=Cc2ccc(OC)cc2)cc1C(C)C. The third kappa shape index (κ3) is 4.57. The second-order valence-electron chi connectivity index (χ2n) is 8.38. The van der Waals surface area contributed by atoms with Gasteiger partial charge in [-0.25, -0.2) is 4.98 Å². The van der Waals surface area contributed by atoms with E-state index < -0.39 is 0 Å². The first kappa shape index (κ1) is 23.2. The number of rotatable bonds is 7. The minimum Gasteiger partial charge on any atom is -0.497 e. The number of ether oxygens (including phenoxy) is 2. The van der Waals surface area contributed by atoms with E-state index in [4.69, 9.17) is 14.5 Å². The van der Waals surface area contributed by atoms with E-state index in [9.17, 15) is 4.79 Å². The summed E-state index contributed by atoms with van der Waals surface area (Å²) in [7, 11) is 1.63. The summed E-state index contributed by atoms with van der Waals surface area (Å²) < 4.78 is 12.5. The van der Waals surface area contributed by atoms with Gasteiger partial charge in [0.1, 0.15) is 11.5 Å². The Morgan fingerprint density at radius 2 is 1.82 bits per heavy atom. The number of fused-ring (bicyclic) bond motifs is 1. The summed E-state index contributed by atoms with van der Waals surface area (Å²) in [6.07, 6.45) is 1.66. The lowest BCUT2D eigenvalue weighted by Gasteiger charge is -2.18. The van der Waals surface area contributed by atoms with Crippen LogP contribution in [0.3, 0.4) is 0 Å². The molecule has 0 spiro atoms. The Kier molecular flexibility index (Phi) is 6.77. The fraction of sp³-hybridized carbons (Fsp3) is 0.250. The molecule has 4 aromatic rings. The van der Waals surface area contributed by atoms with Gasteiger partial charge in [0.2, 0.25) is 0 Å². The Bertz CT molecular complexity index is 1400. The molecule has 6 heteroatoms. The lowest BCUT2D eigenvalue weighted by molar-refractivity contribution is 0.335. The van der Waals surface area contributed by atoms with Crippen molar-refractivity contribution in [3.63, 3.8) is 0 Å². The maximum Gasteiger partial charge on any atom is 0.282 e. The Hall–Kier alpha value is -3.93. The molecule has 6 nitrogen and oxygen atoms in total. The van der Waals surface area contributed by atoms with Gasteiger partial charge in [0.25, 0.3) is 5.56 Å². The van der Waals surface area contributed by atoms with E-state index >= 15 is 0 Å². The number of aryl methyl sites for hydroxylation is 1. The predicted molar refractivity (Wildman–Crippen MR) is 137 cm³/mol. The topological polar surface area (TPSA) is 65.7 Å². The van der Waals surface area contributed by atoms with Crippen molar-refractivity contribution in [2.75, 3.05) is 13.7 Å². The molecule has 0 aliphatic heterocycles. The van der Waals surface area contributed by atoms with Crippen molar-refractivity contribution in [2.24, 2.45) is 5.10 Å². The van der Waals surface area contributed by atoms with E-state index in [1.54, 1.807) is 19.4 Å². The molecule has 0 unspecified atom stereocenters. The molecule has 0 N–H and O–H groups in total. The average Bonchev–Trinajstić information content (AvgIpc) is 2.84. The van der Waals surface area contributed by atoms with Gasteiger partial charge in [-0.3, -0.25) is 4.79 Å². The van der Waals surface area contributed by atoms with Crippen LogP contribution in [0.2, 0.25) is 0 Å². The first-order chi connectivity index (χ1) is 16.4. The molecule has 0 fully saturated rings. The normalized spacial score (nSPS) is 11.5. The molecular weight excluding hydrogens is 426 g/mol. The van der Waals surface area contributed by atoms with Gasteiger partial charge in [0.05, 0.1) is 30.8 Å². The number of nitrogens with zero attached hydrogens (tertiary/aromatic N) is 3. The van der Waals surface area contributed by atoms with Gasteiger partial charge in [-0.15, -0.1) is 0 Å². The van der Waals surface area contributed by atoms with Gasteiger partial charge in [0.15, 0.2) is 5.82 Å². The standard InChI is InChI=1S/C28H29N3O3/c1-6-34-26-15-19(4)24(16-23(26)18(2)3)27-30-25-10-8-7-9-22(25)28(32)31(27)29-17-20-11-13-21(33-5)14-12-20/h7-18H,6H2,1-5H3. The molecule has 3 aromatic carbocycles. The maximum atomic E-state index is 13.5. The van der Waals surface area contributed by atoms with Crippen LogP contribution >= 0.6 is 0 Å². The third-order valence-corrected chi connectivity index (χ3v) is 5.71. The van der Waals surface area contributed by atoms with Crippen LogP contribution in [0.5, 0.6) is 11.5 Å². The number of hydrogen-bond acceptors (Lipinski definition) is 5. The largest absolute Gasteiger partial charge is 0.497 e. The molecule has 0 saturated carbocycles. The maximum absolute atomic E-state index is 13.5. The lowest BCUT2D eigenvalue weighted by atomic mass is 9.96. The van der Waals surface area contributed by atoms with Gasteiger partial charge in [-0.2, -0.15) is 9.78 Å². The van der Waals surface area contributed by atoms with Crippen LogP contribution in [0, 0.1) is 6.92 Å². The fourth-order valence-corrected chi connectivity index (χ4v) is 3.89. The van der Waals surface area contributed by atoms with E-state index in [1.807, 2.05) is 62.4 Å². The van der Waals surface area contributed by atoms with Gasteiger partial charge in [-0.05, 0) is 85.0 Å². The Labute approximate surface area is 199 Å². The summed E-state index contributed by atoms with van der Waals surface area (Å²) >= 11 is 0. The number of para-hydroxylation sites is 1. The fourth-order valence-electron chi connectivity index (χ4n) is 3.89. The van der Waals surface area contributed by atoms with E-state index in [2.05, 4.69) is 25.0 Å². The zero-order valence-corrected chi connectivity index (χ0v) is 20.2. The average molecular weight is 456 g/mol. The molecule has 0 aliphatic carbocycles. The van der Waals surface area contributed by atoms with E-state index in [-0.39, 0.29) is 11.5 Å². The van der Waals surface area contributed by atoms with Gasteiger partial charge >= 0.3 is 0 Å². The summed E-state index contributed by atoms with van der Waals surface area (Å²) in [5, 5.41) is 5.10. The molecular formula is C28H29N3O3. The highest BCUT2D eigenvalue weighted by atomic mass is 16.5. The van der Waals surface area contributed by atoms with Crippen molar-refractivity contribution in [1.29, 1.82) is 0 Å². The smallest absolute Gasteiger partial charge is 0.282 e. The molecule has 0 aliphatic rings. The molecule has 0 radical (unpaired) electrons. The van der Waals surface area contributed by atoms with Crippen LogP contribution in [0.25, 0.3) is 22.3 Å². The lowest BCUT2D eigenvalue weighted by Crippen LogP contribution is -2.20. The molecule has 0 saturated heterocycles. The molecule has 174 valence electrons. The van der Waals surface area contributed by atoms with Crippen molar-refractivity contribution >= 4 is 17.1 Å². The van der Waals surface area contributed by atoms with Gasteiger partial charge in [-0.1, -0.05) is 26.0 Å². The monoisotopic (exact) mass is 455 g/mol. The highest BCUT2D eigenvalue weighted by Crippen LogP contribution is 2.34. The Morgan fingerprint density at radius 3 is 2.50 bits per heavy atom. The number of aromatic nitrogens is 2. The van der Waals surface area contributed by atoms with E-state index in [1.165, 1.54) is 4.68 Å². The van der Waals surface area contributed by atoms with Crippen LogP contribution in [0.4, 0.5) is 0 Å². The quantitative estimate of drug-likeness (QED) is 0.331. The Balaban J connectivity index is 1.94. The van der Waals surface area contributed by atoms with Crippen molar-refractivity contribution in [3.8, 4) is 22.9 Å². The molecule has 1 heterocycles. The predicted octanol–water partition coefficient (Wildman–Crippen LogP) is 5.78. The minimum absolute atomic E-state index is 0.218. The van der Waals surface area contributed by atoms with Crippen LogP contribution in [-0.2, 0) is 0 Å². The molecule has 0 amide bonds. The van der Waals surface area contributed by atoms with Crippen molar-refractivity contribution in [1.82, 2.24) is 9.66 Å². The summed E-state index contributed by atoms with van der Waals surface area (Å²) in [5.74, 6) is 2.35. The summed E-state index contributed by atoms with van der Waals surface area (Å²) in [5.41, 5.74) is 4.14. The van der Waals surface area contributed by atoms with Gasteiger partial charge in [0, 0.05) is 5.56 Å². The molecule has 34 heavy (non-hydrogen) atoms. The van der Waals surface area contributed by atoms with Crippen LogP contribution in [0.15, 0.2) is 70.6 Å². The van der Waals surface area contributed by atoms with Crippen molar-refractivity contribution in [3.05, 3.63) is 87.7 Å². The summed E-state index contributed by atoms with van der Waals surface area (Å²) in [6, 6.07) is 18.9. The van der Waals surface area contributed by atoms with E-state index in [0.29, 0.717) is 23.3 Å². The summed E-state index contributed by atoms with van der Waals surface area (Å²) in [6.45, 7) is 8.81. The molecule has 1 aromatic heterocycles. The van der Waals surface area contributed by atoms with Crippen molar-refractivity contribution < 1.29 is 9.47 Å². The highest BCUT2D eigenvalue weighted by Gasteiger charge is 2.18. The zero-order chi connectivity index (χ0) is 24.2. The molecule has 4 rings (SSSR count). The van der Waals surface area contributed by atoms with Crippen LogP contribution < -0.4 is 15.0 Å². The second-order valence-corrected chi connectivity index (χ2v) is 8.38. The first-order valence-electron chi connectivity index (χ1n) is 11.4. The number of benzene rings is 3. The summed E-state index contributed by atoms with van der Waals surface area (Å²) in [4.78, 5) is 18.4. The third-order valence-electron chi connectivity index (χ3n) is 5.71. The van der Waals surface area contributed by atoms with E-state index in [0.717, 1.165) is 33.8 Å². The second kappa shape index (κ2) is 9.91. The van der Waals surface area contributed by atoms with Crippen LogP contribution in [0.1, 0.15) is 43.4 Å². The van der Waals surface area contributed by atoms with Gasteiger partial charge < -0.3 is 9.47 Å². The zero-order valence-electron chi connectivity index (χ0n) is 20.2. The molecule has 0 atom stereocenters.